The first-order chi connectivity index (χ1) is 7.35. The van der Waals surface area contributed by atoms with Crippen molar-refractivity contribution in [1.29, 1.82) is 0 Å². The average molecular weight is 230 g/mol. The minimum Gasteiger partial charge on any atom is -0.380 e. The van der Waals surface area contributed by atoms with E-state index in [1.807, 2.05) is 0 Å². The Morgan fingerprint density at radius 2 is 2.19 bits per heavy atom. The normalized spacial score (nSPS) is 27.4. The van der Waals surface area contributed by atoms with Crippen molar-refractivity contribution in [1.82, 2.24) is 4.90 Å². The molecule has 0 saturated carbocycles. The number of morpholine rings is 1. The molecular weight excluding hydrogens is 204 g/mol. The highest BCUT2D eigenvalue weighted by molar-refractivity contribution is 4.96. The van der Waals surface area contributed by atoms with E-state index in [1.54, 1.807) is 7.11 Å². The van der Waals surface area contributed by atoms with Crippen LogP contribution in [0.5, 0.6) is 0 Å². The molecule has 2 N–H and O–H groups in total. The monoisotopic (exact) mass is 230 g/mol. The molecule has 1 heterocycles. The Labute approximate surface area is 99.1 Å². The summed E-state index contributed by atoms with van der Waals surface area (Å²) in [5.41, 5.74) is 5.73. The van der Waals surface area contributed by atoms with Gasteiger partial charge in [-0.25, -0.2) is 0 Å². The van der Waals surface area contributed by atoms with Gasteiger partial charge in [-0.3, -0.25) is 4.90 Å². The fourth-order valence-corrected chi connectivity index (χ4v) is 2.26. The number of ether oxygens (including phenoxy) is 2. The van der Waals surface area contributed by atoms with Crippen molar-refractivity contribution in [2.24, 2.45) is 5.73 Å². The van der Waals surface area contributed by atoms with Crippen LogP contribution in [0.25, 0.3) is 0 Å². The minimum absolute atomic E-state index is 0.0951. The summed E-state index contributed by atoms with van der Waals surface area (Å²) >= 11 is 0. The summed E-state index contributed by atoms with van der Waals surface area (Å²) in [6, 6.07) is 0. The van der Waals surface area contributed by atoms with Crippen LogP contribution in [0.4, 0.5) is 0 Å². The third-order valence-electron chi connectivity index (χ3n) is 3.79. The van der Waals surface area contributed by atoms with Crippen molar-refractivity contribution in [3.05, 3.63) is 0 Å². The third-order valence-corrected chi connectivity index (χ3v) is 3.79. The lowest BCUT2D eigenvalue weighted by molar-refractivity contribution is -0.135. The molecule has 0 aliphatic carbocycles. The first-order valence-corrected chi connectivity index (χ1v) is 5.97. The molecule has 1 fully saturated rings. The lowest BCUT2D eigenvalue weighted by Gasteiger charge is -2.49. The van der Waals surface area contributed by atoms with Crippen LogP contribution in [0, 0.1) is 0 Å². The van der Waals surface area contributed by atoms with Crippen LogP contribution in [-0.2, 0) is 9.47 Å². The Bertz CT molecular complexity index is 233. The summed E-state index contributed by atoms with van der Waals surface area (Å²) in [6.45, 7) is 11.7. The molecule has 0 bridgehead atoms. The molecule has 0 aromatic carbocycles. The van der Waals surface area contributed by atoms with Crippen molar-refractivity contribution in [2.45, 2.75) is 44.9 Å². The van der Waals surface area contributed by atoms with Crippen molar-refractivity contribution in [3.63, 3.8) is 0 Å². The third kappa shape index (κ3) is 2.74. The number of methoxy groups -OCH3 is 1. The summed E-state index contributed by atoms with van der Waals surface area (Å²) in [4.78, 5) is 2.39. The zero-order chi connectivity index (χ0) is 12.4. The van der Waals surface area contributed by atoms with Crippen LogP contribution in [0.2, 0.25) is 0 Å². The first kappa shape index (κ1) is 13.9. The molecule has 1 saturated heterocycles. The van der Waals surface area contributed by atoms with Crippen LogP contribution in [0.15, 0.2) is 0 Å². The van der Waals surface area contributed by atoms with Gasteiger partial charge >= 0.3 is 0 Å². The second-order valence-corrected chi connectivity index (χ2v) is 5.47. The summed E-state index contributed by atoms with van der Waals surface area (Å²) in [7, 11) is 1.74. The van der Waals surface area contributed by atoms with Gasteiger partial charge in [0.15, 0.2) is 0 Å². The number of nitrogens with two attached hydrogens (primary N) is 1. The van der Waals surface area contributed by atoms with E-state index in [2.05, 4.69) is 32.6 Å². The van der Waals surface area contributed by atoms with E-state index in [4.69, 9.17) is 15.2 Å². The fourth-order valence-electron chi connectivity index (χ4n) is 2.26. The fraction of sp³-hybridized carbons (Fsp3) is 1.00. The van der Waals surface area contributed by atoms with Crippen molar-refractivity contribution in [2.75, 3.05) is 33.4 Å². The standard InChI is InChI=1S/C12H26N2O2/c1-10(15-5)12(4,8-13)14-6-7-16-11(2,3)9-14/h10H,6-9,13H2,1-5H3. The van der Waals surface area contributed by atoms with E-state index in [-0.39, 0.29) is 17.2 Å². The number of nitrogens with zero attached hydrogens (tertiary/aromatic N) is 1. The van der Waals surface area contributed by atoms with E-state index < -0.39 is 0 Å². The van der Waals surface area contributed by atoms with E-state index in [9.17, 15) is 0 Å². The van der Waals surface area contributed by atoms with Crippen LogP contribution in [0.1, 0.15) is 27.7 Å². The van der Waals surface area contributed by atoms with Gasteiger partial charge in [-0.2, -0.15) is 0 Å². The van der Waals surface area contributed by atoms with Gasteiger partial charge in [-0.15, -0.1) is 0 Å². The molecular formula is C12H26N2O2. The van der Waals surface area contributed by atoms with E-state index in [1.165, 1.54) is 0 Å². The molecule has 2 unspecified atom stereocenters. The predicted molar refractivity (Wildman–Crippen MR) is 65.5 cm³/mol. The molecule has 4 heteroatoms. The van der Waals surface area contributed by atoms with Gasteiger partial charge in [0.05, 0.1) is 23.9 Å². The molecule has 0 aromatic rings. The number of hydrogen-bond acceptors (Lipinski definition) is 4. The van der Waals surface area contributed by atoms with Crippen LogP contribution in [-0.4, -0.2) is 55.5 Å². The SMILES string of the molecule is COC(C)C(C)(CN)N1CCOC(C)(C)C1. The quantitative estimate of drug-likeness (QED) is 0.778. The molecule has 0 spiro atoms. The molecule has 2 atom stereocenters. The largest absolute Gasteiger partial charge is 0.380 e. The van der Waals surface area contributed by atoms with Crippen LogP contribution in [0.3, 0.4) is 0 Å². The van der Waals surface area contributed by atoms with E-state index in [0.717, 1.165) is 19.7 Å². The molecule has 16 heavy (non-hydrogen) atoms. The zero-order valence-electron chi connectivity index (χ0n) is 11.2. The highest BCUT2D eigenvalue weighted by Gasteiger charge is 2.41. The Kier molecular flexibility index (Phi) is 4.35. The minimum atomic E-state index is -0.115. The van der Waals surface area contributed by atoms with E-state index in [0.29, 0.717) is 6.54 Å². The Balaban J connectivity index is 2.79. The van der Waals surface area contributed by atoms with Crippen LogP contribution < -0.4 is 5.73 Å². The Morgan fingerprint density at radius 1 is 1.56 bits per heavy atom. The maximum Gasteiger partial charge on any atom is 0.0753 e. The van der Waals surface area contributed by atoms with E-state index >= 15 is 0 Å². The van der Waals surface area contributed by atoms with Crippen molar-refractivity contribution < 1.29 is 9.47 Å². The summed E-state index contributed by atoms with van der Waals surface area (Å²) in [5, 5.41) is 0. The molecule has 1 rings (SSSR count). The number of hydrogen-bond donors (Lipinski definition) is 1. The molecule has 96 valence electrons. The molecule has 1 aliphatic rings. The average Bonchev–Trinajstić information content (AvgIpc) is 2.25. The summed E-state index contributed by atoms with van der Waals surface area (Å²) in [6.07, 6.45) is 0.117. The molecule has 4 nitrogen and oxygen atoms in total. The lowest BCUT2D eigenvalue weighted by Crippen LogP contribution is -2.64. The highest BCUT2D eigenvalue weighted by atomic mass is 16.5. The van der Waals surface area contributed by atoms with Gasteiger partial charge in [-0.1, -0.05) is 0 Å². The van der Waals surface area contributed by atoms with Crippen molar-refractivity contribution in [3.8, 4) is 0 Å². The first-order valence-electron chi connectivity index (χ1n) is 5.97. The van der Waals surface area contributed by atoms with Gasteiger partial charge in [0.2, 0.25) is 0 Å². The summed E-state index contributed by atoms with van der Waals surface area (Å²) < 4.78 is 11.2. The van der Waals surface area contributed by atoms with Crippen LogP contribution >= 0.6 is 0 Å². The van der Waals surface area contributed by atoms with Gasteiger partial charge in [0, 0.05) is 26.7 Å². The highest BCUT2D eigenvalue weighted by Crippen LogP contribution is 2.27. The second kappa shape index (κ2) is 5.00. The topological polar surface area (TPSA) is 47.7 Å². The molecule has 1 aliphatic heterocycles. The maximum atomic E-state index is 5.94. The van der Waals surface area contributed by atoms with Gasteiger partial charge in [-0.05, 0) is 27.7 Å². The molecule has 0 aromatic heterocycles. The predicted octanol–water partition coefficient (Wildman–Crippen LogP) is 0.850. The lowest BCUT2D eigenvalue weighted by atomic mass is 9.90. The summed E-state index contributed by atoms with van der Waals surface area (Å²) in [5.74, 6) is 0. The second-order valence-electron chi connectivity index (χ2n) is 5.47. The smallest absolute Gasteiger partial charge is 0.0753 e. The van der Waals surface area contributed by atoms with Gasteiger partial charge in [0.1, 0.15) is 0 Å². The Hall–Kier alpha value is -0.160. The van der Waals surface area contributed by atoms with Gasteiger partial charge in [0.25, 0.3) is 0 Å². The maximum absolute atomic E-state index is 5.94. The number of rotatable bonds is 4. The molecule has 0 radical (unpaired) electrons. The van der Waals surface area contributed by atoms with Crippen molar-refractivity contribution >= 4 is 0 Å². The van der Waals surface area contributed by atoms with Gasteiger partial charge < -0.3 is 15.2 Å². The molecule has 0 amide bonds. The Morgan fingerprint density at radius 3 is 2.62 bits per heavy atom. The zero-order valence-corrected chi connectivity index (χ0v) is 11.2.